The van der Waals surface area contributed by atoms with E-state index in [4.69, 9.17) is 5.11 Å². The minimum Gasteiger partial charge on any atom is -0.481 e. The van der Waals surface area contributed by atoms with E-state index in [1.165, 1.54) is 0 Å². The first-order valence-electron chi connectivity index (χ1n) is 3.54. The molecule has 0 heterocycles. The second kappa shape index (κ2) is 6.41. The number of hydrogen-bond acceptors (Lipinski definition) is 4. The molecular weight excluding hydrogens is 164 g/mol. The normalized spacial score (nSPS) is 9.08. The average molecular weight is 176 g/mol. The van der Waals surface area contributed by atoms with Gasteiger partial charge in [-0.25, -0.2) is 10.2 Å². The molecule has 0 aliphatic carbocycles. The molecule has 0 aromatic rings. The molecule has 0 aliphatic rings. The fourth-order valence-corrected chi connectivity index (χ4v) is 0.471. The van der Waals surface area contributed by atoms with Gasteiger partial charge in [-0.2, -0.15) is 0 Å². The molecular formula is C6H12N2O4. The van der Waals surface area contributed by atoms with Crippen LogP contribution in [0.15, 0.2) is 0 Å². The summed E-state index contributed by atoms with van der Waals surface area (Å²) >= 11 is 0. The molecule has 0 saturated heterocycles. The lowest BCUT2D eigenvalue weighted by Gasteiger charge is -2.04. The molecule has 0 atom stereocenters. The van der Waals surface area contributed by atoms with Gasteiger partial charge in [0.15, 0.2) is 0 Å². The number of hydrazine groups is 1. The SMILES string of the molecule is CCOC(=O)NNCCC(=O)O. The second-order valence-electron chi connectivity index (χ2n) is 1.92. The Kier molecular flexibility index (Phi) is 5.72. The molecule has 12 heavy (non-hydrogen) atoms. The van der Waals surface area contributed by atoms with Gasteiger partial charge in [0, 0.05) is 6.54 Å². The number of amides is 1. The van der Waals surface area contributed by atoms with E-state index < -0.39 is 12.1 Å². The van der Waals surface area contributed by atoms with Crippen LogP contribution in [0.3, 0.4) is 0 Å². The van der Waals surface area contributed by atoms with Crippen molar-refractivity contribution in [1.82, 2.24) is 10.9 Å². The first kappa shape index (κ1) is 10.7. The summed E-state index contributed by atoms with van der Waals surface area (Å²) in [4.78, 5) is 20.5. The summed E-state index contributed by atoms with van der Waals surface area (Å²) < 4.78 is 4.49. The summed E-state index contributed by atoms with van der Waals surface area (Å²) in [6.45, 7) is 2.14. The third kappa shape index (κ3) is 6.81. The zero-order valence-corrected chi connectivity index (χ0v) is 6.79. The van der Waals surface area contributed by atoms with Crippen LogP contribution in [0.5, 0.6) is 0 Å². The summed E-state index contributed by atoms with van der Waals surface area (Å²) in [5.74, 6) is -0.923. The van der Waals surface area contributed by atoms with Gasteiger partial charge in [-0.3, -0.25) is 10.2 Å². The Balaban J connectivity index is 3.19. The third-order valence-corrected chi connectivity index (χ3v) is 0.930. The molecule has 1 amide bonds. The second-order valence-corrected chi connectivity index (χ2v) is 1.92. The average Bonchev–Trinajstić information content (AvgIpc) is 1.98. The van der Waals surface area contributed by atoms with Gasteiger partial charge in [0.1, 0.15) is 0 Å². The Labute approximate surface area is 69.9 Å². The maximum absolute atomic E-state index is 10.5. The molecule has 0 aromatic heterocycles. The van der Waals surface area contributed by atoms with Crippen molar-refractivity contribution < 1.29 is 19.4 Å². The van der Waals surface area contributed by atoms with E-state index in [2.05, 4.69) is 15.6 Å². The number of carboxylic acids is 1. The van der Waals surface area contributed by atoms with Gasteiger partial charge < -0.3 is 9.84 Å². The fraction of sp³-hybridized carbons (Fsp3) is 0.667. The van der Waals surface area contributed by atoms with Gasteiger partial charge in [0.2, 0.25) is 0 Å². The zero-order chi connectivity index (χ0) is 9.40. The summed E-state index contributed by atoms with van der Waals surface area (Å²) in [7, 11) is 0. The van der Waals surface area contributed by atoms with Crippen LogP contribution in [0, 0.1) is 0 Å². The lowest BCUT2D eigenvalue weighted by molar-refractivity contribution is -0.136. The molecule has 0 rings (SSSR count). The summed E-state index contributed by atoms with van der Waals surface area (Å²) in [5, 5.41) is 8.20. The van der Waals surface area contributed by atoms with Crippen LogP contribution in [0.1, 0.15) is 13.3 Å². The maximum Gasteiger partial charge on any atom is 0.421 e. The predicted octanol–water partition coefficient (Wildman–Crippen LogP) is -0.288. The van der Waals surface area contributed by atoms with Crippen molar-refractivity contribution in [3.63, 3.8) is 0 Å². The smallest absolute Gasteiger partial charge is 0.421 e. The number of nitrogens with one attached hydrogen (secondary N) is 2. The maximum atomic E-state index is 10.5. The Morgan fingerprint density at radius 1 is 1.50 bits per heavy atom. The van der Waals surface area contributed by atoms with Crippen LogP contribution in [0.4, 0.5) is 4.79 Å². The van der Waals surface area contributed by atoms with Crippen LogP contribution >= 0.6 is 0 Å². The van der Waals surface area contributed by atoms with Gasteiger partial charge in [-0.05, 0) is 6.92 Å². The highest BCUT2D eigenvalue weighted by molar-refractivity contribution is 5.67. The van der Waals surface area contributed by atoms with Crippen molar-refractivity contribution in [2.45, 2.75) is 13.3 Å². The van der Waals surface area contributed by atoms with Gasteiger partial charge in [-0.1, -0.05) is 0 Å². The molecule has 0 aromatic carbocycles. The highest BCUT2D eigenvalue weighted by Crippen LogP contribution is 1.75. The van der Waals surface area contributed by atoms with E-state index >= 15 is 0 Å². The number of rotatable bonds is 5. The van der Waals surface area contributed by atoms with Crippen molar-refractivity contribution in [1.29, 1.82) is 0 Å². The van der Waals surface area contributed by atoms with Crippen molar-refractivity contribution in [3.05, 3.63) is 0 Å². The van der Waals surface area contributed by atoms with Crippen molar-refractivity contribution in [3.8, 4) is 0 Å². The summed E-state index contributed by atoms with van der Waals surface area (Å²) in [6.07, 6.45) is -0.658. The molecule has 6 heteroatoms. The Bertz CT molecular complexity index is 160. The van der Waals surface area contributed by atoms with Crippen LogP contribution in [-0.2, 0) is 9.53 Å². The van der Waals surface area contributed by atoms with Crippen LogP contribution in [0.25, 0.3) is 0 Å². The van der Waals surface area contributed by atoms with Gasteiger partial charge >= 0.3 is 12.1 Å². The largest absolute Gasteiger partial charge is 0.481 e. The molecule has 0 spiro atoms. The molecule has 0 aliphatic heterocycles. The lowest BCUT2D eigenvalue weighted by Crippen LogP contribution is -2.38. The Hall–Kier alpha value is -1.30. The molecule has 6 nitrogen and oxygen atoms in total. The van der Waals surface area contributed by atoms with Crippen molar-refractivity contribution >= 4 is 12.1 Å². The van der Waals surface area contributed by atoms with E-state index in [9.17, 15) is 9.59 Å². The number of carboxylic acid groups (broad SMARTS) is 1. The first-order chi connectivity index (χ1) is 5.66. The summed E-state index contributed by atoms with van der Waals surface area (Å²) in [5.41, 5.74) is 4.56. The Morgan fingerprint density at radius 2 is 2.17 bits per heavy atom. The zero-order valence-electron chi connectivity index (χ0n) is 6.79. The highest BCUT2D eigenvalue weighted by atomic mass is 16.5. The number of aliphatic carboxylic acids is 1. The number of ether oxygens (including phenoxy) is 1. The number of hydrogen-bond donors (Lipinski definition) is 3. The molecule has 0 saturated carbocycles. The highest BCUT2D eigenvalue weighted by Gasteiger charge is 1.99. The van der Waals surface area contributed by atoms with E-state index in [0.717, 1.165) is 0 Å². The lowest BCUT2D eigenvalue weighted by atomic mass is 10.4. The minimum absolute atomic E-state index is 0.0492. The Morgan fingerprint density at radius 3 is 2.67 bits per heavy atom. The molecule has 0 radical (unpaired) electrons. The number of carbonyl (C=O) groups is 2. The van der Waals surface area contributed by atoms with Crippen LogP contribution in [0.2, 0.25) is 0 Å². The topological polar surface area (TPSA) is 87.7 Å². The fourth-order valence-electron chi connectivity index (χ4n) is 0.471. The molecule has 0 fully saturated rings. The van der Waals surface area contributed by atoms with Crippen molar-refractivity contribution in [2.75, 3.05) is 13.2 Å². The molecule has 0 bridgehead atoms. The molecule has 3 N–H and O–H groups in total. The van der Waals surface area contributed by atoms with Gasteiger partial charge in [0.05, 0.1) is 13.0 Å². The van der Waals surface area contributed by atoms with E-state index in [1.807, 2.05) is 0 Å². The third-order valence-electron chi connectivity index (χ3n) is 0.930. The number of carbonyl (C=O) groups excluding carboxylic acids is 1. The quantitative estimate of drug-likeness (QED) is 0.396. The summed E-state index contributed by atoms with van der Waals surface area (Å²) in [6, 6.07) is 0. The van der Waals surface area contributed by atoms with E-state index in [-0.39, 0.29) is 19.6 Å². The minimum atomic E-state index is -0.923. The van der Waals surface area contributed by atoms with Gasteiger partial charge in [-0.15, -0.1) is 0 Å². The van der Waals surface area contributed by atoms with E-state index in [0.29, 0.717) is 0 Å². The molecule has 70 valence electrons. The van der Waals surface area contributed by atoms with Crippen LogP contribution in [-0.4, -0.2) is 30.3 Å². The molecule has 0 unspecified atom stereocenters. The van der Waals surface area contributed by atoms with Crippen LogP contribution < -0.4 is 10.9 Å². The standard InChI is InChI=1S/C6H12N2O4/c1-2-12-6(11)8-7-4-3-5(9)10/h7H,2-4H2,1H3,(H,8,11)(H,9,10). The first-order valence-corrected chi connectivity index (χ1v) is 3.54. The van der Waals surface area contributed by atoms with E-state index in [1.54, 1.807) is 6.92 Å². The predicted molar refractivity (Wildman–Crippen MR) is 40.4 cm³/mol. The van der Waals surface area contributed by atoms with Crippen molar-refractivity contribution in [2.24, 2.45) is 0 Å². The van der Waals surface area contributed by atoms with Gasteiger partial charge in [0.25, 0.3) is 0 Å². The monoisotopic (exact) mass is 176 g/mol.